The van der Waals surface area contributed by atoms with Gasteiger partial charge in [0.05, 0.1) is 17.3 Å². The molecule has 2 N–H and O–H groups in total. The van der Waals surface area contributed by atoms with Crippen LogP contribution in [-0.4, -0.2) is 21.8 Å². The van der Waals surface area contributed by atoms with Crippen LogP contribution in [0.5, 0.6) is 0 Å². The molecule has 4 nitrogen and oxygen atoms in total. The summed E-state index contributed by atoms with van der Waals surface area (Å²) in [5.74, 6) is 1.60. The van der Waals surface area contributed by atoms with Crippen LogP contribution in [0.4, 0.5) is 5.69 Å². The van der Waals surface area contributed by atoms with Gasteiger partial charge in [0, 0.05) is 29.0 Å². The third-order valence-electron chi connectivity index (χ3n) is 2.78. The lowest BCUT2D eigenvalue weighted by molar-refractivity contribution is -0.115. The molecule has 1 aromatic carbocycles. The molecule has 0 radical (unpaired) electrons. The van der Waals surface area contributed by atoms with Crippen molar-refractivity contribution in [3.63, 3.8) is 0 Å². The van der Waals surface area contributed by atoms with Crippen molar-refractivity contribution in [2.24, 2.45) is 0 Å². The van der Waals surface area contributed by atoms with Crippen molar-refractivity contribution in [2.45, 2.75) is 25.7 Å². The van der Waals surface area contributed by atoms with Crippen LogP contribution in [0.3, 0.4) is 0 Å². The van der Waals surface area contributed by atoms with Crippen LogP contribution in [0.15, 0.2) is 29.6 Å². The van der Waals surface area contributed by atoms with Crippen LogP contribution in [0.25, 0.3) is 0 Å². The van der Waals surface area contributed by atoms with Gasteiger partial charge in [-0.15, -0.1) is 11.3 Å². The summed E-state index contributed by atoms with van der Waals surface area (Å²) in [6.45, 7) is 1.97. The molecule has 0 unspecified atom stereocenters. The summed E-state index contributed by atoms with van der Waals surface area (Å²) >= 11 is 3.36. The number of carbonyl (C=O) groups is 1. The third-order valence-corrected chi connectivity index (χ3v) is 4.60. The zero-order valence-corrected chi connectivity index (χ0v) is 13.5. The minimum Gasteiger partial charge on any atom is -0.392 e. The fraction of sp³-hybridized carbons (Fsp3) is 0.333. The van der Waals surface area contributed by atoms with Gasteiger partial charge in [-0.2, -0.15) is 11.8 Å². The maximum atomic E-state index is 11.8. The van der Waals surface area contributed by atoms with Gasteiger partial charge in [-0.25, -0.2) is 4.98 Å². The van der Waals surface area contributed by atoms with Crippen LogP contribution in [0, 0.1) is 6.92 Å². The number of benzene rings is 1. The number of nitrogens with zero attached hydrogens (tertiary/aromatic N) is 1. The minimum absolute atomic E-state index is 0.00736. The number of rotatable bonds is 7. The molecular formula is C15H18N2O2S2. The van der Waals surface area contributed by atoms with E-state index in [0.29, 0.717) is 6.42 Å². The van der Waals surface area contributed by atoms with Gasteiger partial charge < -0.3 is 10.4 Å². The molecule has 21 heavy (non-hydrogen) atoms. The van der Waals surface area contributed by atoms with Crippen molar-refractivity contribution in [3.8, 4) is 0 Å². The lowest BCUT2D eigenvalue weighted by atomic mass is 10.2. The van der Waals surface area contributed by atoms with E-state index in [1.54, 1.807) is 29.2 Å². The van der Waals surface area contributed by atoms with E-state index in [1.165, 1.54) is 0 Å². The first-order valence-corrected chi connectivity index (χ1v) is 8.69. The standard InChI is InChI=1S/C15H18N2O2S2/c1-11-16-14(10-21-11)9-20-6-5-15(19)17-13-4-2-3-12(7-13)8-18/h2-4,7,10,18H,5-6,8-9H2,1H3,(H,17,19). The summed E-state index contributed by atoms with van der Waals surface area (Å²) in [6.07, 6.45) is 0.469. The summed E-state index contributed by atoms with van der Waals surface area (Å²) in [5, 5.41) is 15.0. The van der Waals surface area contributed by atoms with Gasteiger partial charge >= 0.3 is 0 Å². The highest BCUT2D eigenvalue weighted by Gasteiger charge is 2.04. The van der Waals surface area contributed by atoms with Crippen molar-refractivity contribution in [3.05, 3.63) is 45.9 Å². The summed E-state index contributed by atoms with van der Waals surface area (Å²) < 4.78 is 0. The Balaban J connectivity index is 1.69. The molecule has 0 saturated carbocycles. The second-order valence-corrected chi connectivity index (χ2v) is 6.73. The van der Waals surface area contributed by atoms with Crippen LogP contribution in [-0.2, 0) is 17.2 Å². The van der Waals surface area contributed by atoms with Gasteiger partial charge in [0.2, 0.25) is 5.91 Å². The number of aliphatic hydroxyl groups excluding tert-OH is 1. The number of hydrogen-bond acceptors (Lipinski definition) is 5. The van der Waals surface area contributed by atoms with E-state index in [-0.39, 0.29) is 12.5 Å². The number of aromatic nitrogens is 1. The lowest BCUT2D eigenvalue weighted by Crippen LogP contribution is -2.12. The third kappa shape index (κ3) is 5.49. The van der Waals surface area contributed by atoms with E-state index in [9.17, 15) is 4.79 Å². The van der Waals surface area contributed by atoms with E-state index in [1.807, 2.05) is 25.1 Å². The Morgan fingerprint density at radius 3 is 3.05 bits per heavy atom. The highest BCUT2D eigenvalue weighted by molar-refractivity contribution is 7.98. The highest BCUT2D eigenvalue weighted by Crippen LogP contribution is 2.16. The predicted molar refractivity (Wildman–Crippen MR) is 88.6 cm³/mol. The van der Waals surface area contributed by atoms with Gasteiger partial charge in [-0.1, -0.05) is 12.1 Å². The van der Waals surface area contributed by atoms with E-state index in [0.717, 1.165) is 33.5 Å². The zero-order chi connectivity index (χ0) is 15.1. The Hall–Kier alpha value is -1.37. The van der Waals surface area contributed by atoms with E-state index in [4.69, 9.17) is 5.11 Å². The molecule has 0 spiro atoms. The molecule has 1 aromatic heterocycles. The molecule has 0 atom stereocenters. The van der Waals surface area contributed by atoms with Crippen LogP contribution in [0.2, 0.25) is 0 Å². The van der Waals surface area contributed by atoms with Gasteiger partial charge in [0.1, 0.15) is 0 Å². The number of aliphatic hydroxyl groups is 1. The minimum atomic E-state index is -0.0212. The van der Waals surface area contributed by atoms with Gasteiger partial charge in [-0.3, -0.25) is 4.79 Å². The summed E-state index contributed by atoms with van der Waals surface area (Å²) in [4.78, 5) is 16.2. The molecule has 112 valence electrons. The Morgan fingerprint density at radius 1 is 1.48 bits per heavy atom. The van der Waals surface area contributed by atoms with Crippen molar-refractivity contribution in [1.29, 1.82) is 0 Å². The molecule has 0 fully saturated rings. The quantitative estimate of drug-likeness (QED) is 0.769. The number of carbonyl (C=O) groups excluding carboxylic acids is 1. The average molecular weight is 322 g/mol. The monoisotopic (exact) mass is 322 g/mol. The number of anilines is 1. The number of thiazole rings is 1. The predicted octanol–water partition coefficient (Wildman–Crippen LogP) is 3.21. The normalized spacial score (nSPS) is 10.6. The number of thioether (sulfide) groups is 1. The van der Waals surface area contributed by atoms with Gasteiger partial charge in [0.25, 0.3) is 0 Å². The number of hydrogen-bond donors (Lipinski definition) is 2. The second-order valence-electron chi connectivity index (χ2n) is 4.57. The fourth-order valence-electron chi connectivity index (χ4n) is 1.79. The maximum Gasteiger partial charge on any atom is 0.225 e. The summed E-state index contributed by atoms with van der Waals surface area (Å²) in [6, 6.07) is 7.24. The van der Waals surface area contributed by atoms with Crippen molar-refractivity contribution >= 4 is 34.7 Å². The smallest absolute Gasteiger partial charge is 0.225 e. The Labute approximate surface area is 132 Å². The maximum absolute atomic E-state index is 11.8. The fourth-order valence-corrected chi connectivity index (χ4v) is 3.34. The molecule has 0 bridgehead atoms. The Bertz CT molecular complexity index is 599. The van der Waals surface area contributed by atoms with Crippen molar-refractivity contribution in [1.82, 2.24) is 4.98 Å². The zero-order valence-electron chi connectivity index (χ0n) is 11.8. The second kappa shape index (κ2) is 8.17. The molecule has 2 rings (SSSR count). The SMILES string of the molecule is Cc1nc(CSCCC(=O)Nc2cccc(CO)c2)cs1. The topological polar surface area (TPSA) is 62.2 Å². The largest absolute Gasteiger partial charge is 0.392 e. The molecule has 0 aliphatic heterocycles. The summed E-state index contributed by atoms with van der Waals surface area (Å²) in [5.41, 5.74) is 2.60. The van der Waals surface area contributed by atoms with Crippen LogP contribution < -0.4 is 5.32 Å². The van der Waals surface area contributed by atoms with Gasteiger partial charge in [-0.05, 0) is 24.6 Å². The van der Waals surface area contributed by atoms with E-state index >= 15 is 0 Å². The molecule has 6 heteroatoms. The highest BCUT2D eigenvalue weighted by atomic mass is 32.2. The first-order chi connectivity index (χ1) is 10.2. The molecule has 0 aliphatic rings. The molecule has 2 aromatic rings. The van der Waals surface area contributed by atoms with Crippen LogP contribution >= 0.6 is 23.1 Å². The Morgan fingerprint density at radius 2 is 2.33 bits per heavy atom. The van der Waals surface area contributed by atoms with E-state index < -0.39 is 0 Å². The molecule has 1 amide bonds. The molecular weight excluding hydrogens is 304 g/mol. The first kappa shape index (κ1) is 16.0. The Kier molecular flexibility index (Phi) is 6.22. The summed E-state index contributed by atoms with van der Waals surface area (Å²) in [7, 11) is 0. The van der Waals surface area contributed by atoms with E-state index in [2.05, 4.69) is 15.7 Å². The van der Waals surface area contributed by atoms with Crippen molar-refractivity contribution < 1.29 is 9.90 Å². The van der Waals surface area contributed by atoms with Crippen molar-refractivity contribution in [2.75, 3.05) is 11.1 Å². The number of amides is 1. The average Bonchev–Trinajstić information content (AvgIpc) is 2.89. The molecule has 0 saturated heterocycles. The molecule has 0 aliphatic carbocycles. The van der Waals surface area contributed by atoms with Crippen LogP contribution in [0.1, 0.15) is 22.7 Å². The number of nitrogens with one attached hydrogen (secondary N) is 1. The van der Waals surface area contributed by atoms with Gasteiger partial charge in [0.15, 0.2) is 0 Å². The number of aryl methyl sites for hydroxylation is 1. The molecule has 1 heterocycles. The lowest BCUT2D eigenvalue weighted by Gasteiger charge is -2.06. The first-order valence-electron chi connectivity index (χ1n) is 6.66.